The molecule has 164 valence electrons. The lowest BCUT2D eigenvalue weighted by atomic mass is 10.0. The molecule has 0 aromatic heterocycles. The summed E-state index contributed by atoms with van der Waals surface area (Å²) in [7, 11) is 6.21. The van der Waals surface area contributed by atoms with Gasteiger partial charge in [-0.3, -0.25) is 9.89 Å². The molecule has 0 bridgehead atoms. The van der Waals surface area contributed by atoms with E-state index in [1.54, 1.807) is 12.1 Å². The Kier molecular flexibility index (Phi) is 9.42. The van der Waals surface area contributed by atoms with Crippen molar-refractivity contribution in [2.45, 2.75) is 31.8 Å². The fraction of sp³-hybridized carbons (Fsp3) is 0.667. The molecule has 3 rings (SSSR count). The number of hydrogen-bond donors (Lipinski definition) is 2. The van der Waals surface area contributed by atoms with Gasteiger partial charge in [0.1, 0.15) is 5.82 Å². The second-order valence-corrected chi connectivity index (χ2v) is 8.21. The summed E-state index contributed by atoms with van der Waals surface area (Å²) >= 11 is 0. The van der Waals surface area contributed by atoms with Gasteiger partial charge in [0.2, 0.25) is 0 Å². The second kappa shape index (κ2) is 11.3. The summed E-state index contributed by atoms with van der Waals surface area (Å²) in [6.45, 7) is 8.07. The third-order valence-electron chi connectivity index (χ3n) is 5.97. The summed E-state index contributed by atoms with van der Waals surface area (Å²) in [5, 5.41) is 7.11. The van der Waals surface area contributed by atoms with E-state index in [4.69, 9.17) is 0 Å². The number of piperidine rings is 1. The van der Waals surface area contributed by atoms with Crippen molar-refractivity contribution in [1.29, 1.82) is 0 Å². The lowest BCUT2D eigenvalue weighted by Crippen LogP contribution is -2.57. The third-order valence-corrected chi connectivity index (χ3v) is 5.97. The van der Waals surface area contributed by atoms with E-state index in [9.17, 15) is 4.39 Å². The predicted octanol–water partition coefficient (Wildman–Crippen LogP) is 2.13. The van der Waals surface area contributed by atoms with Crippen LogP contribution in [0.5, 0.6) is 0 Å². The zero-order valence-electron chi connectivity index (χ0n) is 18.1. The largest absolute Gasteiger partial charge is 0.369 e. The molecule has 2 atom stereocenters. The molecule has 0 radical (unpaired) electrons. The van der Waals surface area contributed by atoms with Crippen LogP contribution in [-0.4, -0.2) is 88.3 Å². The van der Waals surface area contributed by atoms with Crippen LogP contribution in [0.4, 0.5) is 10.1 Å². The molecule has 0 amide bonds. The third kappa shape index (κ3) is 6.68. The van der Waals surface area contributed by atoms with Crippen LogP contribution in [0.25, 0.3) is 0 Å². The summed E-state index contributed by atoms with van der Waals surface area (Å²) in [5.41, 5.74) is 2.12. The topological polar surface area (TPSA) is 46.1 Å². The molecule has 2 aliphatic heterocycles. The van der Waals surface area contributed by atoms with Crippen molar-refractivity contribution in [3.63, 3.8) is 0 Å². The van der Waals surface area contributed by atoms with Crippen molar-refractivity contribution in [2.75, 3.05) is 65.3 Å². The standard InChI is InChI=1S/C21H35FN6.HI/c1-16-12-17(22)7-8-20(16)28-9-5-6-18(14-28)25-21(23-2)24-13-19-15-26(3)10-11-27(19)4;/h7-8,12,18-19H,5-6,9-11,13-15H2,1-4H3,(H2,23,24,25);1H. The molecule has 8 heteroatoms. The van der Waals surface area contributed by atoms with Gasteiger partial charge >= 0.3 is 0 Å². The highest BCUT2D eigenvalue weighted by Gasteiger charge is 2.24. The maximum Gasteiger partial charge on any atom is 0.191 e. The SMILES string of the molecule is CN=C(NCC1CN(C)CCN1C)NC1CCCN(c2ccc(F)cc2C)C1.I. The van der Waals surface area contributed by atoms with Crippen LogP contribution in [0, 0.1) is 12.7 Å². The number of nitrogens with zero attached hydrogens (tertiary/aromatic N) is 4. The van der Waals surface area contributed by atoms with Gasteiger partial charge in [-0.15, -0.1) is 24.0 Å². The Labute approximate surface area is 191 Å². The molecule has 29 heavy (non-hydrogen) atoms. The quantitative estimate of drug-likeness (QED) is 0.364. The van der Waals surface area contributed by atoms with Crippen molar-refractivity contribution in [3.8, 4) is 0 Å². The first-order valence-corrected chi connectivity index (χ1v) is 10.3. The summed E-state index contributed by atoms with van der Waals surface area (Å²) in [6, 6.07) is 5.88. The molecule has 0 aliphatic carbocycles. The van der Waals surface area contributed by atoms with Gasteiger partial charge in [0, 0.05) is 64.1 Å². The molecule has 2 aliphatic rings. The number of nitrogens with one attached hydrogen (secondary N) is 2. The van der Waals surface area contributed by atoms with E-state index in [2.05, 4.69) is 44.4 Å². The van der Waals surface area contributed by atoms with E-state index in [1.165, 1.54) is 0 Å². The first kappa shape index (κ1) is 24.1. The van der Waals surface area contributed by atoms with Gasteiger partial charge in [-0.2, -0.15) is 0 Å². The molecule has 6 nitrogen and oxygen atoms in total. The molecular weight excluding hydrogens is 482 g/mol. The number of aryl methyl sites for hydroxylation is 1. The van der Waals surface area contributed by atoms with E-state index in [0.717, 1.165) is 69.3 Å². The minimum absolute atomic E-state index is 0. The zero-order valence-corrected chi connectivity index (χ0v) is 20.4. The van der Waals surface area contributed by atoms with Crippen LogP contribution >= 0.6 is 24.0 Å². The maximum absolute atomic E-state index is 13.4. The van der Waals surface area contributed by atoms with Crippen molar-refractivity contribution in [1.82, 2.24) is 20.4 Å². The summed E-state index contributed by atoms with van der Waals surface area (Å²) in [6.07, 6.45) is 2.23. The Hall–Kier alpha value is -1.13. The van der Waals surface area contributed by atoms with Gasteiger partial charge in [0.15, 0.2) is 5.96 Å². The van der Waals surface area contributed by atoms with Crippen LogP contribution in [0.1, 0.15) is 18.4 Å². The Morgan fingerprint density at radius 2 is 2.00 bits per heavy atom. The number of guanidine groups is 1. The number of likely N-dealkylation sites (N-methyl/N-ethyl adjacent to an activating group) is 2. The molecule has 0 saturated carbocycles. The molecule has 2 unspecified atom stereocenters. The van der Waals surface area contributed by atoms with Crippen molar-refractivity contribution < 1.29 is 4.39 Å². The second-order valence-electron chi connectivity index (χ2n) is 8.21. The number of aliphatic imine (C=N–C) groups is 1. The molecule has 1 aromatic rings. The molecular formula is C21H36FIN6. The number of anilines is 1. The molecule has 2 saturated heterocycles. The minimum atomic E-state index is -0.170. The zero-order chi connectivity index (χ0) is 20.1. The van der Waals surface area contributed by atoms with Crippen LogP contribution in [-0.2, 0) is 0 Å². The minimum Gasteiger partial charge on any atom is -0.369 e. The van der Waals surface area contributed by atoms with Gasteiger partial charge in [-0.05, 0) is 57.6 Å². The van der Waals surface area contributed by atoms with Crippen LogP contribution in [0.15, 0.2) is 23.2 Å². The van der Waals surface area contributed by atoms with Crippen molar-refractivity contribution in [3.05, 3.63) is 29.6 Å². The van der Waals surface area contributed by atoms with Gasteiger partial charge in [0.25, 0.3) is 0 Å². The normalized spacial score (nSPS) is 24.2. The molecule has 0 spiro atoms. The van der Waals surface area contributed by atoms with Crippen molar-refractivity contribution in [2.24, 2.45) is 4.99 Å². The summed E-state index contributed by atoms with van der Waals surface area (Å²) < 4.78 is 13.4. The maximum atomic E-state index is 13.4. The monoisotopic (exact) mass is 518 g/mol. The van der Waals surface area contributed by atoms with Crippen LogP contribution < -0.4 is 15.5 Å². The number of halogens is 2. The highest BCUT2D eigenvalue weighted by atomic mass is 127. The molecule has 2 fully saturated rings. The van der Waals surface area contributed by atoms with Gasteiger partial charge in [-0.1, -0.05) is 0 Å². The smallest absolute Gasteiger partial charge is 0.191 e. The first-order chi connectivity index (χ1) is 13.5. The Morgan fingerprint density at radius 3 is 2.72 bits per heavy atom. The lowest BCUT2D eigenvalue weighted by Gasteiger charge is -2.38. The van der Waals surface area contributed by atoms with E-state index in [0.29, 0.717) is 12.1 Å². The molecule has 2 N–H and O–H groups in total. The first-order valence-electron chi connectivity index (χ1n) is 10.3. The van der Waals surface area contributed by atoms with Gasteiger partial charge in [0.05, 0.1) is 0 Å². The van der Waals surface area contributed by atoms with E-state index in [1.807, 2.05) is 20.0 Å². The Balaban J connectivity index is 0.00000300. The van der Waals surface area contributed by atoms with Crippen LogP contribution in [0.3, 0.4) is 0 Å². The molecule has 1 aromatic carbocycles. The lowest BCUT2D eigenvalue weighted by molar-refractivity contribution is 0.116. The number of piperazine rings is 1. The fourth-order valence-electron chi connectivity index (χ4n) is 4.21. The van der Waals surface area contributed by atoms with Gasteiger partial charge in [-0.25, -0.2) is 4.39 Å². The van der Waals surface area contributed by atoms with E-state index < -0.39 is 0 Å². The number of rotatable bonds is 4. The summed E-state index contributed by atoms with van der Waals surface area (Å²) in [4.78, 5) is 11.6. The fourth-order valence-corrected chi connectivity index (χ4v) is 4.21. The number of benzene rings is 1. The Bertz CT molecular complexity index is 685. The highest BCUT2D eigenvalue weighted by Crippen LogP contribution is 2.24. The Morgan fingerprint density at radius 1 is 1.21 bits per heavy atom. The van der Waals surface area contributed by atoms with Crippen molar-refractivity contribution >= 4 is 35.6 Å². The van der Waals surface area contributed by atoms with Gasteiger partial charge < -0.3 is 20.4 Å². The van der Waals surface area contributed by atoms with E-state index in [-0.39, 0.29) is 29.8 Å². The van der Waals surface area contributed by atoms with E-state index >= 15 is 0 Å². The average molecular weight is 518 g/mol. The highest BCUT2D eigenvalue weighted by molar-refractivity contribution is 14.0. The number of hydrogen-bond acceptors (Lipinski definition) is 4. The average Bonchev–Trinajstić information content (AvgIpc) is 2.67. The summed E-state index contributed by atoms with van der Waals surface area (Å²) in [5.74, 6) is 0.695. The van der Waals surface area contributed by atoms with Crippen LogP contribution in [0.2, 0.25) is 0 Å². The predicted molar refractivity (Wildman–Crippen MR) is 130 cm³/mol. The molecule has 2 heterocycles.